The topological polar surface area (TPSA) is 107 Å². The van der Waals surface area contributed by atoms with Gasteiger partial charge in [-0.05, 0) is 59.9 Å². The number of carboxylic acids is 1. The van der Waals surface area contributed by atoms with Gasteiger partial charge in [0, 0.05) is 11.0 Å². The number of aromatic carboxylic acids is 1. The highest BCUT2D eigenvalue weighted by Gasteiger charge is 2.37. The van der Waals surface area contributed by atoms with Gasteiger partial charge < -0.3 is 20.6 Å². The number of rotatable bonds is 4. The summed E-state index contributed by atoms with van der Waals surface area (Å²) >= 11 is 1.34. The molecule has 1 aromatic heterocycles. The van der Waals surface area contributed by atoms with Crippen LogP contribution in [0.1, 0.15) is 65.9 Å². The summed E-state index contributed by atoms with van der Waals surface area (Å²) in [7, 11) is 0. The van der Waals surface area contributed by atoms with Crippen molar-refractivity contribution in [3.05, 3.63) is 45.8 Å². The number of anilines is 1. The summed E-state index contributed by atoms with van der Waals surface area (Å²) in [5.41, 5.74) is 1.53. The molecule has 1 heterocycles. The average Bonchev–Trinajstić information content (AvgIpc) is 2.99. The molecule has 29 heavy (non-hydrogen) atoms. The zero-order chi connectivity index (χ0) is 21.3. The predicted molar refractivity (Wildman–Crippen MR) is 114 cm³/mol. The van der Waals surface area contributed by atoms with Crippen LogP contribution in [0.5, 0.6) is 11.5 Å². The third-order valence-corrected chi connectivity index (χ3v) is 6.37. The van der Waals surface area contributed by atoms with Crippen molar-refractivity contribution >= 4 is 34.3 Å². The van der Waals surface area contributed by atoms with Crippen LogP contribution < -0.4 is 5.32 Å². The molecule has 0 saturated carbocycles. The number of hydrogen-bond acceptors (Lipinski definition) is 5. The molecule has 7 heteroatoms. The van der Waals surface area contributed by atoms with Crippen LogP contribution in [0.3, 0.4) is 0 Å². The number of aromatic hydroxyl groups is 2. The number of fused-ring (bicyclic) bond motifs is 1. The molecular formula is C22H25NO5S. The molecule has 1 amide bonds. The quantitative estimate of drug-likeness (QED) is 0.416. The third kappa shape index (κ3) is 4.45. The van der Waals surface area contributed by atoms with Crippen molar-refractivity contribution in [2.24, 2.45) is 5.41 Å². The van der Waals surface area contributed by atoms with E-state index in [1.165, 1.54) is 35.6 Å². The summed E-state index contributed by atoms with van der Waals surface area (Å²) in [5.74, 6) is -1.86. The summed E-state index contributed by atoms with van der Waals surface area (Å²) in [6, 6.07) is 4.22. The number of hydrogen-bond donors (Lipinski definition) is 4. The second kappa shape index (κ2) is 7.91. The van der Waals surface area contributed by atoms with Gasteiger partial charge in [-0.3, -0.25) is 4.79 Å². The molecule has 0 fully saturated rings. The molecule has 0 aliphatic heterocycles. The molecule has 1 aliphatic rings. The zero-order valence-electron chi connectivity index (χ0n) is 16.7. The van der Waals surface area contributed by atoms with Crippen molar-refractivity contribution in [3.8, 4) is 11.5 Å². The number of carboxylic acid groups (broad SMARTS) is 1. The van der Waals surface area contributed by atoms with Gasteiger partial charge >= 0.3 is 5.97 Å². The Morgan fingerprint density at radius 1 is 1.21 bits per heavy atom. The van der Waals surface area contributed by atoms with Crippen LogP contribution in [-0.2, 0) is 11.2 Å². The van der Waals surface area contributed by atoms with E-state index in [-0.39, 0.29) is 28.4 Å². The Morgan fingerprint density at radius 2 is 1.93 bits per heavy atom. The summed E-state index contributed by atoms with van der Waals surface area (Å²) in [5, 5.41) is 31.8. The van der Waals surface area contributed by atoms with E-state index < -0.39 is 11.9 Å². The van der Waals surface area contributed by atoms with E-state index in [2.05, 4.69) is 26.1 Å². The van der Waals surface area contributed by atoms with Crippen molar-refractivity contribution < 1.29 is 24.9 Å². The van der Waals surface area contributed by atoms with Crippen LogP contribution in [0.25, 0.3) is 6.08 Å². The molecular weight excluding hydrogens is 390 g/mol. The maximum atomic E-state index is 12.4. The van der Waals surface area contributed by atoms with Crippen LogP contribution in [0, 0.1) is 5.41 Å². The Balaban J connectivity index is 1.88. The lowest BCUT2D eigenvalue weighted by molar-refractivity contribution is -0.111. The van der Waals surface area contributed by atoms with E-state index in [1.807, 2.05) is 0 Å². The summed E-state index contributed by atoms with van der Waals surface area (Å²) in [6.07, 6.45) is 5.53. The van der Waals surface area contributed by atoms with Gasteiger partial charge in [-0.15, -0.1) is 11.3 Å². The molecule has 4 N–H and O–H groups in total. The lowest BCUT2D eigenvalue weighted by atomic mass is 9.70. The van der Waals surface area contributed by atoms with Crippen LogP contribution in [-0.4, -0.2) is 27.2 Å². The molecule has 0 saturated heterocycles. The van der Waals surface area contributed by atoms with E-state index in [0.717, 1.165) is 29.7 Å². The Hall–Kier alpha value is -2.80. The predicted octanol–water partition coefficient (Wildman–Crippen LogP) is 4.98. The number of thiophene rings is 1. The van der Waals surface area contributed by atoms with Crippen LogP contribution in [0.4, 0.5) is 5.00 Å². The summed E-state index contributed by atoms with van der Waals surface area (Å²) in [4.78, 5) is 25.5. The monoisotopic (exact) mass is 415 g/mol. The fraction of sp³-hybridized carbons (Fsp3) is 0.364. The van der Waals surface area contributed by atoms with E-state index in [4.69, 9.17) is 0 Å². The number of phenolic OH excluding ortho intramolecular Hbond substituents is 2. The highest BCUT2D eigenvalue weighted by molar-refractivity contribution is 7.17. The molecule has 1 aromatic carbocycles. The number of benzene rings is 1. The standard InChI is InChI=1S/C22H25NO5S/c1-22(2,3)13-5-4-6-16-18(13)19(21(27)28)20(29-16)23-17(26)10-8-12-7-9-14(24)15(25)11-12/h7-11,13,24-25H,4-6H2,1-3H3,(H,23,26)(H,27,28). The number of carbonyl (C=O) groups is 2. The Labute approximate surface area is 173 Å². The highest BCUT2D eigenvalue weighted by Crippen LogP contribution is 2.50. The first-order chi connectivity index (χ1) is 13.6. The number of nitrogens with one attached hydrogen (secondary N) is 1. The Kier molecular flexibility index (Phi) is 5.71. The Bertz CT molecular complexity index is 984. The molecule has 2 aromatic rings. The minimum absolute atomic E-state index is 0.0670. The minimum atomic E-state index is -1.03. The van der Waals surface area contributed by atoms with Gasteiger partial charge in [0.25, 0.3) is 0 Å². The first kappa shape index (κ1) is 20.9. The second-order valence-electron chi connectivity index (χ2n) is 8.33. The van der Waals surface area contributed by atoms with Crippen LogP contribution >= 0.6 is 11.3 Å². The van der Waals surface area contributed by atoms with E-state index in [1.54, 1.807) is 6.07 Å². The fourth-order valence-electron chi connectivity index (χ4n) is 3.79. The van der Waals surface area contributed by atoms with E-state index in [9.17, 15) is 24.9 Å². The summed E-state index contributed by atoms with van der Waals surface area (Å²) in [6.45, 7) is 6.35. The number of phenols is 2. The SMILES string of the molecule is CC(C)(C)C1CCCc2sc(NC(=O)C=Cc3ccc(O)c(O)c3)c(C(=O)O)c21. The average molecular weight is 416 g/mol. The molecule has 0 bridgehead atoms. The van der Waals surface area contributed by atoms with Gasteiger partial charge in [-0.25, -0.2) is 4.79 Å². The van der Waals surface area contributed by atoms with Crippen LogP contribution in [0.15, 0.2) is 24.3 Å². The molecule has 154 valence electrons. The lowest BCUT2D eigenvalue weighted by Gasteiger charge is -2.34. The molecule has 6 nitrogen and oxygen atoms in total. The first-order valence-electron chi connectivity index (χ1n) is 9.48. The maximum Gasteiger partial charge on any atom is 0.339 e. The lowest BCUT2D eigenvalue weighted by Crippen LogP contribution is -2.24. The molecule has 0 spiro atoms. The molecule has 3 rings (SSSR count). The minimum Gasteiger partial charge on any atom is -0.504 e. The van der Waals surface area contributed by atoms with Gasteiger partial charge in [0.15, 0.2) is 11.5 Å². The third-order valence-electron chi connectivity index (χ3n) is 5.19. The highest BCUT2D eigenvalue weighted by atomic mass is 32.1. The van der Waals surface area contributed by atoms with Crippen molar-refractivity contribution in [3.63, 3.8) is 0 Å². The van der Waals surface area contributed by atoms with Crippen molar-refractivity contribution in [1.82, 2.24) is 0 Å². The van der Waals surface area contributed by atoms with Crippen molar-refractivity contribution in [1.29, 1.82) is 0 Å². The van der Waals surface area contributed by atoms with Gasteiger partial charge in [-0.2, -0.15) is 0 Å². The number of aryl methyl sites for hydroxylation is 1. The molecule has 1 atom stereocenters. The largest absolute Gasteiger partial charge is 0.504 e. The fourth-order valence-corrected chi connectivity index (χ4v) is 5.09. The second-order valence-corrected chi connectivity index (χ2v) is 9.43. The smallest absolute Gasteiger partial charge is 0.339 e. The van der Waals surface area contributed by atoms with E-state index >= 15 is 0 Å². The van der Waals surface area contributed by atoms with E-state index in [0.29, 0.717) is 10.6 Å². The van der Waals surface area contributed by atoms with Gasteiger partial charge in [-0.1, -0.05) is 26.8 Å². The van der Waals surface area contributed by atoms with Crippen LogP contribution in [0.2, 0.25) is 0 Å². The van der Waals surface area contributed by atoms with Gasteiger partial charge in [0.1, 0.15) is 5.00 Å². The normalized spacial score (nSPS) is 16.6. The molecule has 0 radical (unpaired) electrons. The van der Waals surface area contributed by atoms with Gasteiger partial charge in [0.05, 0.1) is 5.56 Å². The maximum absolute atomic E-state index is 12.4. The molecule has 1 unspecified atom stereocenters. The van der Waals surface area contributed by atoms with Crippen molar-refractivity contribution in [2.75, 3.05) is 5.32 Å². The number of amides is 1. The number of carbonyl (C=O) groups excluding carboxylic acids is 1. The summed E-state index contributed by atoms with van der Waals surface area (Å²) < 4.78 is 0. The Morgan fingerprint density at radius 3 is 2.55 bits per heavy atom. The van der Waals surface area contributed by atoms with Crippen molar-refractivity contribution in [2.45, 2.75) is 46.0 Å². The first-order valence-corrected chi connectivity index (χ1v) is 10.3. The molecule has 1 aliphatic carbocycles. The van der Waals surface area contributed by atoms with Gasteiger partial charge in [0.2, 0.25) is 5.91 Å². The zero-order valence-corrected chi connectivity index (χ0v) is 17.5.